The Balaban J connectivity index is 0.000000721. The molecule has 416 valence electrons. The smallest absolute Gasteiger partial charge is 0.215 e. The molecule has 0 aliphatic heterocycles. The number of hydrogen-bond acceptors (Lipinski definition) is 4. The van der Waals surface area contributed by atoms with E-state index in [-0.39, 0.29) is 43.8 Å². The summed E-state index contributed by atoms with van der Waals surface area (Å²) in [4.78, 5) is 0. The Morgan fingerprint density at radius 3 is 0.878 bits per heavy atom. The van der Waals surface area contributed by atoms with Crippen LogP contribution in [0.1, 0.15) is 258 Å². The predicted octanol–water partition coefficient (Wildman–Crippen LogP) is 23.2. The summed E-state index contributed by atoms with van der Waals surface area (Å²) >= 11 is 0. The van der Waals surface area contributed by atoms with Gasteiger partial charge in [0.15, 0.2) is 0 Å². The van der Waals surface area contributed by atoms with Crippen LogP contribution in [0.15, 0.2) is 133 Å². The highest BCUT2D eigenvalue weighted by molar-refractivity contribution is 7.26. The lowest BCUT2D eigenvalue weighted by Gasteiger charge is -2.26. The van der Waals surface area contributed by atoms with Crippen LogP contribution in [-0.2, 0) is 19.9 Å². The standard InChI is InChI=1S/2C33H51O2P.2CH4/c2*1-4-5-6-7-8-9-10-11-12-13-14-15-16-17-18-22-29-34-36-35-32-27-25-31(26-28-32)33(2,3)30-23-20-19-21-24-30;;/h2*11-12,19-21,23-28,36H,4-10,13-18,22,29H2,1-3H3;2*1H4/b2*12-11+;;. The van der Waals surface area contributed by atoms with Gasteiger partial charge in [0.05, 0.1) is 13.2 Å². The maximum Gasteiger partial charge on any atom is 0.215 e. The lowest BCUT2D eigenvalue weighted by Crippen LogP contribution is -2.18. The monoisotopic (exact) mass is 1050 g/mol. The molecule has 4 nitrogen and oxygen atoms in total. The van der Waals surface area contributed by atoms with Gasteiger partial charge in [0.1, 0.15) is 11.5 Å². The van der Waals surface area contributed by atoms with Crippen LogP contribution in [-0.4, -0.2) is 13.2 Å². The Bertz CT molecular complexity index is 1740. The molecule has 0 aliphatic carbocycles. The van der Waals surface area contributed by atoms with Crippen LogP contribution < -0.4 is 9.05 Å². The van der Waals surface area contributed by atoms with Crippen LogP contribution in [0.25, 0.3) is 0 Å². The van der Waals surface area contributed by atoms with Gasteiger partial charge in [-0.05, 0) is 111 Å². The summed E-state index contributed by atoms with van der Waals surface area (Å²) in [5.41, 5.74) is 5.16. The van der Waals surface area contributed by atoms with Crippen LogP contribution >= 0.6 is 18.1 Å². The van der Waals surface area contributed by atoms with Crippen LogP contribution in [0.3, 0.4) is 0 Å². The van der Waals surface area contributed by atoms with Gasteiger partial charge in [-0.15, -0.1) is 0 Å². The molecule has 0 saturated heterocycles. The van der Waals surface area contributed by atoms with Gasteiger partial charge in [-0.25, -0.2) is 0 Å². The molecule has 4 rings (SSSR count). The summed E-state index contributed by atoms with van der Waals surface area (Å²) in [5, 5.41) is 0. The quantitative estimate of drug-likeness (QED) is 0.0252. The minimum absolute atomic E-state index is 0. The maximum absolute atomic E-state index is 5.81. The molecule has 2 unspecified atom stereocenters. The Morgan fingerprint density at radius 2 is 0.581 bits per heavy atom. The second-order valence-corrected chi connectivity index (χ2v) is 22.3. The molecule has 0 amide bonds. The molecular weight excluding hydrogens is 943 g/mol. The van der Waals surface area contributed by atoms with Crippen LogP contribution in [0.4, 0.5) is 0 Å². The van der Waals surface area contributed by atoms with Crippen molar-refractivity contribution < 1.29 is 18.1 Å². The van der Waals surface area contributed by atoms with E-state index in [9.17, 15) is 0 Å². The highest BCUT2D eigenvalue weighted by Gasteiger charge is 2.23. The molecule has 74 heavy (non-hydrogen) atoms. The van der Waals surface area contributed by atoms with Crippen molar-refractivity contribution in [3.05, 3.63) is 156 Å². The molecule has 0 fully saturated rings. The topological polar surface area (TPSA) is 36.9 Å². The number of allylic oxidation sites excluding steroid dienone is 4. The Labute approximate surface area is 461 Å². The molecule has 0 aromatic heterocycles. The molecule has 0 heterocycles. The third-order valence-corrected chi connectivity index (χ3v) is 15.4. The van der Waals surface area contributed by atoms with E-state index in [4.69, 9.17) is 18.1 Å². The molecule has 2 atom stereocenters. The summed E-state index contributed by atoms with van der Waals surface area (Å²) in [6.45, 7) is 15.2. The van der Waals surface area contributed by atoms with Gasteiger partial charge < -0.3 is 18.1 Å². The lowest BCUT2D eigenvalue weighted by molar-refractivity contribution is 0.316. The number of rotatable bonds is 42. The fourth-order valence-electron chi connectivity index (χ4n) is 9.00. The molecule has 0 radical (unpaired) electrons. The summed E-state index contributed by atoms with van der Waals surface area (Å²) in [6.07, 6.45) is 46.8. The van der Waals surface area contributed by atoms with Gasteiger partial charge >= 0.3 is 0 Å². The van der Waals surface area contributed by atoms with Gasteiger partial charge in [0, 0.05) is 10.8 Å². The molecule has 0 N–H and O–H groups in total. The van der Waals surface area contributed by atoms with E-state index >= 15 is 0 Å². The molecule has 0 aliphatic rings. The lowest BCUT2D eigenvalue weighted by atomic mass is 9.78. The molecular formula is C68H110O4P2. The Kier molecular flexibility index (Phi) is 42.6. The zero-order valence-corrected chi connectivity index (χ0v) is 48.5. The average Bonchev–Trinajstić information content (AvgIpc) is 3.41. The van der Waals surface area contributed by atoms with Crippen molar-refractivity contribution >= 4 is 18.1 Å². The molecule has 6 heteroatoms. The Morgan fingerprint density at radius 1 is 0.324 bits per heavy atom. The van der Waals surface area contributed by atoms with E-state index in [1.807, 2.05) is 0 Å². The van der Waals surface area contributed by atoms with Gasteiger partial charge in [0.25, 0.3) is 0 Å². The van der Waals surface area contributed by atoms with Gasteiger partial charge in [-0.2, -0.15) is 0 Å². The van der Waals surface area contributed by atoms with E-state index < -0.39 is 0 Å². The van der Waals surface area contributed by atoms with Crippen LogP contribution in [0, 0.1) is 0 Å². The number of benzene rings is 4. The fourth-order valence-corrected chi connectivity index (χ4v) is 10.0. The maximum atomic E-state index is 5.81. The highest BCUT2D eigenvalue weighted by Crippen LogP contribution is 2.35. The van der Waals surface area contributed by atoms with Crippen LogP contribution in [0.5, 0.6) is 11.5 Å². The van der Waals surface area contributed by atoms with Gasteiger partial charge in [-0.1, -0.05) is 281 Å². The summed E-state index contributed by atoms with van der Waals surface area (Å²) < 4.78 is 23.1. The minimum Gasteiger partial charge on any atom is -0.450 e. The first kappa shape index (κ1) is 68.8. The van der Waals surface area contributed by atoms with Crippen molar-refractivity contribution in [1.29, 1.82) is 0 Å². The molecule has 0 bridgehead atoms. The van der Waals surface area contributed by atoms with E-state index in [1.165, 1.54) is 189 Å². The SMILES string of the molecule is C.C.CCCCCCCC/C=C/CCCCCCCCOPOc1ccc(C(C)(C)c2ccccc2)cc1.CCCCCCCC/C=C/CCCCCCCCOPOc1ccc(C(C)(C)c2ccccc2)cc1. The third-order valence-electron chi connectivity index (χ3n) is 14.1. The van der Waals surface area contributed by atoms with Crippen molar-refractivity contribution in [2.24, 2.45) is 0 Å². The van der Waals surface area contributed by atoms with Gasteiger partial charge in [-0.3, -0.25) is 0 Å². The van der Waals surface area contributed by atoms with Crippen molar-refractivity contribution in [2.45, 2.75) is 247 Å². The number of unbranched alkanes of at least 4 members (excludes halogenated alkanes) is 24. The van der Waals surface area contributed by atoms with E-state index in [2.05, 4.69) is 175 Å². The summed E-state index contributed by atoms with van der Waals surface area (Å²) in [5.74, 6) is 1.75. The first-order valence-corrected chi connectivity index (χ1v) is 30.6. The largest absolute Gasteiger partial charge is 0.450 e. The third kappa shape index (κ3) is 32.4. The fraction of sp³-hybridized carbons (Fsp3) is 0.588. The average molecular weight is 1050 g/mol. The Hall–Kier alpha value is -3.26. The van der Waals surface area contributed by atoms with Crippen LogP contribution in [0.2, 0.25) is 0 Å². The first-order valence-electron chi connectivity index (χ1n) is 29.0. The van der Waals surface area contributed by atoms with E-state index in [1.54, 1.807) is 0 Å². The number of hydrogen-bond donors (Lipinski definition) is 0. The second kappa shape index (κ2) is 45.9. The molecule has 4 aromatic carbocycles. The second-order valence-electron chi connectivity index (χ2n) is 21.0. The van der Waals surface area contributed by atoms with E-state index in [0.29, 0.717) is 0 Å². The first-order chi connectivity index (χ1) is 35.3. The minimum atomic E-state index is -0.0253. The van der Waals surface area contributed by atoms with Gasteiger partial charge in [0.2, 0.25) is 18.1 Å². The van der Waals surface area contributed by atoms with E-state index in [0.717, 1.165) is 37.6 Å². The van der Waals surface area contributed by atoms with Crippen molar-refractivity contribution in [3.63, 3.8) is 0 Å². The van der Waals surface area contributed by atoms with Crippen molar-refractivity contribution in [1.82, 2.24) is 0 Å². The highest BCUT2D eigenvalue weighted by atomic mass is 31.1. The molecule has 0 saturated carbocycles. The molecule has 0 spiro atoms. The predicted molar refractivity (Wildman–Crippen MR) is 332 cm³/mol. The summed E-state index contributed by atoms with van der Waals surface area (Å²) in [7, 11) is 0.138. The summed E-state index contributed by atoms with van der Waals surface area (Å²) in [6, 6.07) is 38.2. The zero-order chi connectivity index (χ0) is 51.5. The zero-order valence-electron chi connectivity index (χ0n) is 46.5. The van der Waals surface area contributed by atoms with Crippen molar-refractivity contribution in [2.75, 3.05) is 13.2 Å². The normalized spacial score (nSPS) is 11.9. The molecule has 4 aromatic rings. The van der Waals surface area contributed by atoms with Crippen molar-refractivity contribution in [3.8, 4) is 11.5 Å².